The number of hydrogen-bond acceptors (Lipinski definition) is 3. The summed E-state index contributed by atoms with van der Waals surface area (Å²) in [4.78, 5) is 22.3. The van der Waals surface area contributed by atoms with E-state index in [1.807, 2.05) is 0 Å². The summed E-state index contributed by atoms with van der Waals surface area (Å²) < 4.78 is 0. The van der Waals surface area contributed by atoms with Gasteiger partial charge in [0.25, 0.3) is 5.24 Å². The average molecular weight is 229 g/mol. The minimum absolute atomic E-state index is 0.104. The maximum absolute atomic E-state index is 11.4. The molecule has 0 aromatic carbocycles. The van der Waals surface area contributed by atoms with Crippen LogP contribution in [0.25, 0.3) is 0 Å². The summed E-state index contributed by atoms with van der Waals surface area (Å²) in [6.45, 7) is 4.24. The first-order valence-corrected chi connectivity index (χ1v) is 6.54. The van der Waals surface area contributed by atoms with E-state index in [4.69, 9.17) is 0 Å². The fraction of sp³-hybridized carbons (Fsp3) is 0.818. The van der Waals surface area contributed by atoms with Gasteiger partial charge < -0.3 is 0 Å². The molecular weight excluding hydrogens is 210 g/mol. The van der Waals surface area contributed by atoms with Gasteiger partial charge in [0.05, 0.1) is 5.25 Å². The molecule has 2 amide bonds. The van der Waals surface area contributed by atoms with E-state index in [-0.39, 0.29) is 16.4 Å². The van der Waals surface area contributed by atoms with Gasteiger partial charge >= 0.3 is 0 Å². The van der Waals surface area contributed by atoms with E-state index in [0.29, 0.717) is 5.92 Å². The zero-order chi connectivity index (χ0) is 11.3. The highest BCUT2D eigenvalue weighted by Crippen LogP contribution is 2.28. The number of carbonyl (C=O) groups is 2. The van der Waals surface area contributed by atoms with E-state index >= 15 is 0 Å². The van der Waals surface area contributed by atoms with Gasteiger partial charge in [0.2, 0.25) is 5.91 Å². The highest BCUT2D eigenvalue weighted by atomic mass is 32.2. The number of carbonyl (C=O) groups excluding carboxylic acids is 2. The average Bonchev–Trinajstić information content (AvgIpc) is 2.52. The van der Waals surface area contributed by atoms with Gasteiger partial charge in [-0.3, -0.25) is 14.9 Å². The normalized spacial score (nSPS) is 22.9. The minimum Gasteiger partial charge on any atom is -0.286 e. The Hall–Kier alpha value is -0.510. The molecule has 0 spiro atoms. The van der Waals surface area contributed by atoms with Crippen LogP contribution in [0.4, 0.5) is 4.79 Å². The van der Waals surface area contributed by atoms with E-state index in [0.717, 1.165) is 24.6 Å². The van der Waals surface area contributed by atoms with Crippen molar-refractivity contribution in [3.05, 3.63) is 0 Å². The van der Waals surface area contributed by atoms with E-state index in [9.17, 15) is 9.59 Å². The minimum atomic E-state index is -0.189. The Balaban J connectivity index is 2.24. The van der Waals surface area contributed by atoms with Gasteiger partial charge in [-0.25, -0.2) is 0 Å². The molecular formula is C11H19NO2S. The predicted octanol–water partition coefficient (Wildman–Crippen LogP) is 2.94. The fourth-order valence-corrected chi connectivity index (χ4v) is 2.71. The third kappa shape index (κ3) is 3.86. The largest absolute Gasteiger partial charge is 0.286 e. The van der Waals surface area contributed by atoms with E-state index in [2.05, 4.69) is 19.2 Å². The van der Waals surface area contributed by atoms with Gasteiger partial charge in [0.1, 0.15) is 0 Å². The molecule has 0 saturated carbocycles. The highest BCUT2D eigenvalue weighted by Gasteiger charge is 2.35. The molecule has 0 aliphatic carbocycles. The smallest absolute Gasteiger partial charge is 0.286 e. The molecule has 1 N–H and O–H groups in total. The second-order valence-corrected chi connectivity index (χ2v) is 5.26. The van der Waals surface area contributed by atoms with E-state index < -0.39 is 0 Å². The highest BCUT2D eigenvalue weighted by molar-refractivity contribution is 8.15. The van der Waals surface area contributed by atoms with Crippen molar-refractivity contribution in [2.24, 2.45) is 5.92 Å². The van der Waals surface area contributed by atoms with E-state index in [1.54, 1.807) is 0 Å². The van der Waals surface area contributed by atoms with Crippen LogP contribution in [0.15, 0.2) is 0 Å². The molecule has 1 aliphatic heterocycles. The van der Waals surface area contributed by atoms with Crippen LogP contribution in [-0.4, -0.2) is 16.4 Å². The van der Waals surface area contributed by atoms with Gasteiger partial charge in [0.15, 0.2) is 0 Å². The van der Waals surface area contributed by atoms with Crippen molar-refractivity contribution in [2.75, 3.05) is 0 Å². The second kappa shape index (κ2) is 6.16. The molecule has 15 heavy (non-hydrogen) atoms. The summed E-state index contributed by atoms with van der Waals surface area (Å²) in [5.41, 5.74) is 0. The summed E-state index contributed by atoms with van der Waals surface area (Å²) >= 11 is 1.15. The Kier molecular flexibility index (Phi) is 5.15. The second-order valence-electron chi connectivity index (χ2n) is 4.14. The van der Waals surface area contributed by atoms with Gasteiger partial charge in [-0.15, -0.1) is 0 Å². The van der Waals surface area contributed by atoms with Crippen LogP contribution in [0.2, 0.25) is 0 Å². The Morgan fingerprint density at radius 1 is 1.33 bits per heavy atom. The number of rotatable bonds is 6. The molecule has 4 heteroatoms. The van der Waals surface area contributed by atoms with Crippen LogP contribution in [-0.2, 0) is 4.79 Å². The molecule has 0 aromatic heterocycles. The Morgan fingerprint density at radius 2 is 2.07 bits per heavy atom. The fourth-order valence-electron chi connectivity index (χ4n) is 1.79. The number of imide groups is 1. The van der Waals surface area contributed by atoms with Crippen LogP contribution in [0, 0.1) is 5.92 Å². The first kappa shape index (κ1) is 12.6. The Morgan fingerprint density at radius 3 is 2.60 bits per heavy atom. The summed E-state index contributed by atoms with van der Waals surface area (Å²) in [6, 6.07) is 0. The first-order chi connectivity index (χ1) is 7.15. The lowest BCUT2D eigenvalue weighted by Gasteiger charge is -2.14. The van der Waals surface area contributed by atoms with Gasteiger partial charge in [-0.05, 0) is 12.3 Å². The molecule has 1 rings (SSSR count). The molecule has 1 aliphatic rings. The Bertz CT molecular complexity index is 243. The lowest BCUT2D eigenvalue weighted by molar-refractivity contribution is -0.119. The Labute approximate surface area is 95.4 Å². The summed E-state index contributed by atoms with van der Waals surface area (Å²) in [5.74, 6) is 0.200. The zero-order valence-electron chi connectivity index (χ0n) is 9.41. The van der Waals surface area contributed by atoms with Crippen molar-refractivity contribution in [1.29, 1.82) is 0 Å². The van der Waals surface area contributed by atoms with Gasteiger partial charge in [0, 0.05) is 0 Å². The molecule has 1 saturated heterocycles. The number of nitrogens with one attached hydrogen (secondary N) is 1. The third-order valence-corrected chi connectivity index (χ3v) is 4.00. The molecule has 86 valence electrons. The molecule has 3 nitrogen and oxygen atoms in total. The van der Waals surface area contributed by atoms with Crippen LogP contribution in [0.3, 0.4) is 0 Å². The van der Waals surface area contributed by atoms with Crippen LogP contribution >= 0.6 is 11.8 Å². The summed E-state index contributed by atoms with van der Waals surface area (Å²) in [6.07, 6.45) is 5.92. The van der Waals surface area contributed by atoms with Crippen molar-refractivity contribution < 1.29 is 9.59 Å². The summed E-state index contributed by atoms with van der Waals surface area (Å²) in [5, 5.41) is 1.99. The van der Waals surface area contributed by atoms with Crippen LogP contribution in [0.1, 0.15) is 46.0 Å². The molecule has 0 radical (unpaired) electrons. The molecule has 2 unspecified atom stereocenters. The topological polar surface area (TPSA) is 46.2 Å². The monoisotopic (exact) mass is 229 g/mol. The van der Waals surface area contributed by atoms with Crippen molar-refractivity contribution in [3.63, 3.8) is 0 Å². The number of thioether (sulfide) groups is 1. The van der Waals surface area contributed by atoms with Crippen molar-refractivity contribution >= 4 is 22.9 Å². The lowest BCUT2D eigenvalue weighted by atomic mass is 9.99. The molecule has 1 fully saturated rings. The molecule has 1 heterocycles. The van der Waals surface area contributed by atoms with Crippen molar-refractivity contribution in [1.82, 2.24) is 5.32 Å². The number of amides is 2. The molecule has 0 aromatic rings. The third-order valence-electron chi connectivity index (χ3n) is 2.75. The van der Waals surface area contributed by atoms with Gasteiger partial charge in [-0.1, -0.05) is 51.3 Å². The van der Waals surface area contributed by atoms with E-state index in [1.165, 1.54) is 19.3 Å². The van der Waals surface area contributed by atoms with Crippen LogP contribution in [0.5, 0.6) is 0 Å². The maximum atomic E-state index is 11.4. The number of hydrogen-bond donors (Lipinski definition) is 1. The van der Waals surface area contributed by atoms with Crippen molar-refractivity contribution in [3.8, 4) is 0 Å². The molecule has 0 bridgehead atoms. The van der Waals surface area contributed by atoms with Gasteiger partial charge in [-0.2, -0.15) is 0 Å². The SMILES string of the molecule is CCCCCCC(C)C1SC(=O)NC1=O. The first-order valence-electron chi connectivity index (χ1n) is 5.66. The standard InChI is InChI=1S/C11H19NO2S/c1-3-4-5-6-7-8(2)9-10(13)12-11(14)15-9/h8-9H,3-7H2,1-2H3,(H,12,13,14). The van der Waals surface area contributed by atoms with Crippen molar-refractivity contribution in [2.45, 2.75) is 51.2 Å². The predicted molar refractivity (Wildman–Crippen MR) is 62.8 cm³/mol. The summed E-state index contributed by atoms with van der Waals surface area (Å²) in [7, 11) is 0. The molecule has 2 atom stereocenters. The quantitative estimate of drug-likeness (QED) is 0.712. The zero-order valence-corrected chi connectivity index (χ0v) is 10.2. The van der Waals surface area contributed by atoms with Crippen LogP contribution < -0.4 is 5.32 Å². The number of unbranched alkanes of at least 4 members (excludes halogenated alkanes) is 3. The lowest BCUT2D eigenvalue weighted by Crippen LogP contribution is -2.28. The maximum Gasteiger partial charge on any atom is 0.286 e.